The number of carbonyl (C=O) groups is 3. The molecule has 1 fully saturated rings. The number of thiophene rings is 1. The highest BCUT2D eigenvalue weighted by Gasteiger charge is 2.50. The highest BCUT2D eigenvalue weighted by Crippen LogP contribution is 2.33. The number of amides is 4. The van der Waals surface area contributed by atoms with Gasteiger partial charge in [0.2, 0.25) is 5.91 Å². The van der Waals surface area contributed by atoms with Crippen LogP contribution in [0.5, 0.6) is 0 Å². The molecule has 1 aromatic heterocycles. The fourth-order valence-electron chi connectivity index (χ4n) is 2.92. The quantitative estimate of drug-likeness (QED) is 0.772. The summed E-state index contributed by atoms with van der Waals surface area (Å²) in [6.45, 7) is 1.47. The first-order valence-electron chi connectivity index (χ1n) is 8.07. The van der Waals surface area contributed by atoms with E-state index < -0.39 is 23.3 Å². The first kappa shape index (κ1) is 19.3. The molecule has 27 heavy (non-hydrogen) atoms. The molecule has 0 saturated carbocycles. The highest BCUT2D eigenvalue weighted by atomic mass is 35.5. The van der Waals surface area contributed by atoms with E-state index in [2.05, 4.69) is 5.32 Å². The summed E-state index contributed by atoms with van der Waals surface area (Å²) in [6, 6.07) is 4.79. The van der Waals surface area contributed by atoms with Crippen molar-refractivity contribution in [2.75, 3.05) is 13.6 Å². The zero-order valence-corrected chi connectivity index (χ0v) is 16.2. The zero-order chi connectivity index (χ0) is 19.8. The molecule has 3 rings (SSSR count). The Morgan fingerprint density at radius 1 is 1.37 bits per heavy atom. The van der Waals surface area contributed by atoms with Crippen LogP contribution in [0.3, 0.4) is 0 Å². The predicted octanol–water partition coefficient (Wildman–Crippen LogP) is 2.97. The maximum Gasteiger partial charge on any atom is 0.325 e. The van der Waals surface area contributed by atoms with Gasteiger partial charge in [-0.1, -0.05) is 17.7 Å². The van der Waals surface area contributed by atoms with Crippen LogP contribution in [0.1, 0.15) is 18.1 Å². The second-order valence-electron chi connectivity index (χ2n) is 6.45. The van der Waals surface area contributed by atoms with Crippen molar-refractivity contribution in [1.82, 2.24) is 15.1 Å². The maximum absolute atomic E-state index is 13.3. The van der Waals surface area contributed by atoms with Crippen LogP contribution in [0.2, 0.25) is 5.02 Å². The number of imide groups is 1. The Hall–Kier alpha value is -2.45. The van der Waals surface area contributed by atoms with Crippen LogP contribution < -0.4 is 5.32 Å². The van der Waals surface area contributed by atoms with Gasteiger partial charge >= 0.3 is 6.03 Å². The average molecular weight is 410 g/mol. The van der Waals surface area contributed by atoms with Crippen LogP contribution in [0, 0.1) is 5.82 Å². The largest absolute Gasteiger partial charge is 0.340 e. The molecule has 1 aliphatic heterocycles. The molecule has 9 heteroatoms. The third kappa shape index (κ3) is 3.68. The van der Waals surface area contributed by atoms with Crippen molar-refractivity contribution in [1.29, 1.82) is 0 Å². The van der Waals surface area contributed by atoms with Crippen LogP contribution >= 0.6 is 22.9 Å². The number of nitrogens with zero attached hydrogens (tertiary/aromatic N) is 2. The lowest BCUT2D eigenvalue weighted by molar-refractivity contribution is -0.138. The summed E-state index contributed by atoms with van der Waals surface area (Å²) < 4.78 is 13.3. The molecule has 0 bridgehead atoms. The summed E-state index contributed by atoms with van der Waals surface area (Å²) in [4.78, 5) is 40.0. The van der Waals surface area contributed by atoms with Gasteiger partial charge < -0.3 is 10.2 Å². The second-order valence-corrected chi connectivity index (χ2v) is 7.64. The third-order valence-corrected chi connectivity index (χ3v) is 5.51. The Bertz CT molecular complexity index is 905. The van der Waals surface area contributed by atoms with Crippen molar-refractivity contribution < 1.29 is 18.8 Å². The van der Waals surface area contributed by atoms with Gasteiger partial charge in [0.05, 0.1) is 0 Å². The lowest BCUT2D eigenvalue weighted by Crippen LogP contribution is -2.43. The van der Waals surface area contributed by atoms with Gasteiger partial charge in [0.15, 0.2) is 0 Å². The molecule has 1 atom stereocenters. The molecule has 0 aliphatic carbocycles. The van der Waals surface area contributed by atoms with E-state index in [4.69, 9.17) is 11.6 Å². The van der Waals surface area contributed by atoms with Crippen LogP contribution in [-0.4, -0.2) is 41.2 Å². The van der Waals surface area contributed by atoms with Gasteiger partial charge in [-0.2, -0.15) is 11.3 Å². The Morgan fingerprint density at radius 3 is 2.74 bits per heavy atom. The predicted molar refractivity (Wildman–Crippen MR) is 99.8 cm³/mol. The molecule has 2 aromatic rings. The number of nitrogens with one attached hydrogen (secondary N) is 1. The number of halogens is 2. The zero-order valence-electron chi connectivity index (χ0n) is 14.7. The lowest BCUT2D eigenvalue weighted by Gasteiger charge is -2.24. The Balaban J connectivity index is 1.76. The minimum Gasteiger partial charge on any atom is -0.340 e. The van der Waals surface area contributed by atoms with Crippen LogP contribution in [0.4, 0.5) is 9.18 Å². The van der Waals surface area contributed by atoms with Gasteiger partial charge in [-0.25, -0.2) is 9.18 Å². The number of hydrogen-bond acceptors (Lipinski definition) is 4. The van der Waals surface area contributed by atoms with Crippen molar-refractivity contribution in [3.05, 3.63) is 57.0 Å². The molecule has 1 saturated heterocycles. The molecule has 2 heterocycles. The number of urea groups is 1. The highest BCUT2D eigenvalue weighted by molar-refractivity contribution is 7.07. The van der Waals surface area contributed by atoms with Gasteiger partial charge in [-0.15, -0.1) is 0 Å². The Kier molecular flexibility index (Phi) is 5.21. The van der Waals surface area contributed by atoms with E-state index in [0.717, 1.165) is 22.6 Å². The van der Waals surface area contributed by atoms with Crippen molar-refractivity contribution in [2.24, 2.45) is 0 Å². The van der Waals surface area contributed by atoms with E-state index in [9.17, 15) is 18.8 Å². The van der Waals surface area contributed by atoms with Crippen molar-refractivity contribution >= 4 is 40.8 Å². The monoisotopic (exact) mass is 409 g/mol. The topological polar surface area (TPSA) is 69.7 Å². The van der Waals surface area contributed by atoms with Crippen LogP contribution in [0.25, 0.3) is 0 Å². The standard InChI is InChI=1S/C18H17ClFN3O3S/c1-18(13-4-3-12(20)7-14(13)19)16(25)23(17(26)21-18)9-15(24)22(2)8-11-5-6-27-10-11/h3-7,10H,8-9H2,1-2H3,(H,21,26). The smallest absolute Gasteiger partial charge is 0.325 e. The maximum atomic E-state index is 13.3. The summed E-state index contributed by atoms with van der Waals surface area (Å²) in [6.07, 6.45) is 0. The normalized spacial score (nSPS) is 19.3. The molecule has 1 aliphatic rings. The first-order valence-corrected chi connectivity index (χ1v) is 9.39. The summed E-state index contributed by atoms with van der Waals surface area (Å²) in [7, 11) is 1.61. The molecular weight excluding hydrogens is 393 g/mol. The Morgan fingerprint density at radius 2 is 2.11 bits per heavy atom. The van der Waals surface area contributed by atoms with Gasteiger partial charge in [0.25, 0.3) is 5.91 Å². The minimum atomic E-state index is -1.46. The van der Waals surface area contributed by atoms with E-state index in [-0.39, 0.29) is 23.0 Å². The Labute approximate surface area is 164 Å². The van der Waals surface area contributed by atoms with Crippen molar-refractivity contribution in [3.8, 4) is 0 Å². The van der Waals surface area contributed by atoms with E-state index in [0.29, 0.717) is 6.54 Å². The van der Waals surface area contributed by atoms with Crippen LogP contribution in [-0.2, 0) is 21.7 Å². The number of carbonyl (C=O) groups excluding carboxylic acids is 3. The average Bonchev–Trinajstić information content (AvgIpc) is 3.17. The van der Waals surface area contributed by atoms with E-state index in [1.165, 1.54) is 29.2 Å². The summed E-state index contributed by atoms with van der Waals surface area (Å²) in [5.41, 5.74) is -0.227. The van der Waals surface area contributed by atoms with Crippen molar-refractivity contribution in [3.63, 3.8) is 0 Å². The van der Waals surface area contributed by atoms with Gasteiger partial charge in [-0.3, -0.25) is 14.5 Å². The van der Waals surface area contributed by atoms with E-state index in [1.807, 2.05) is 16.8 Å². The fraction of sp³-hybridized carbons (Fsp3) is 0.278. The summed E-state index contributed by atoms with van der Waals surface area (Å²) >= 11 is 7.58. The number of benzene rings is 1. The van der Waals surface area contributed by atoms with Gasteiger partial charge in [-0.05, 0) is 41.4 Å². The molecule has 1 aromatic carbocycles. The number of likely N-dealkylation sites (N-methyl/N-ethyl adjacent to an activating group) is 1. The second kappa shape index (κ2) is 7.28. The van der Waals surface area contributed by atoms with Gasteiger partial charge in [0.1, 0.15) is 17.9 Å². The number of rotatable bonds is 5. The van der Waals surface area contributed by atoms with E-state index >= 15 is 0 Å². The molecular formula is C18H17ClFN3O3S. The molecule has 0 spiro atoms. The molecule has 1 N–H and O–H groups in total. The number of hydrogen-bond donors (Lipinski definition) is 1. The van der Waals surface area contributed by atoms with Crippen LogP contribution in [0.15, 0.2) is 35.0 Å². The molecule has 0 radical (unpaired) electrons. The summed E-state index contributed by atoms with van der Waals surface area (Å²) in [5, 5.41) is 6.41. The molecule has 4 amide bonds. The molecule has 6 nitrogen and oxygen atoms in total. The van der Waals surface area contributed by atoms with Crippen molar-refractivity contribution in [2.45, 2.75) is 19.0 Å². The van der Waals surface area contributed by atoms with E-state index in [1.54, 1.807) is 7.05 Å². The van der Waals surface area contributed by atoms with Gasteiger partial charge in [0, 0.05) is 24.2 Å². The molecule has 1 unspecified atom stereocenters. The SMILES string of the molecule is CN(Cc1ccsc1)C(=O)CN1C(=O)NC(C)(c2ccc(F)cc2Cl)C1=O. The first-order chi connectivity index (χ1) is 12.7. The third-order valence-electron chi connectivity index (χ3n) is 4.46. The fourth-order valence-corrected chi connectivity index (χ4v) is 3.93. The summed E-state index contributed by atoms with van der Waals surface area (Å²) in [5.74, 6) is -1.54. The minimum absolute atomic E-state index is 0.0221. The lowest BCUT2D eigenvalue weighted by atomic mass is 9.92. The molecule has 142 valence electrons.